The van der Waals surface area contributed by atoms with E-state index in [1.807, 2.05) is 24.3 Å². The van der Waals surface area contributed by atoms with Gasteiger partial charge < -0.3 is 20.1 Å². The lowest BCUT2D eigenvalue weighted by molar-refractivity contribution is -0.117. The Labute approximate surface area is 147 Å². The van der Waals surface area contributed by atoms with Crippen LogP contribution in [-0.4, -0.2) is 39.1 Å². The van der Waals surface area contributed by atoms with Crippen molar-refractivity contribution in [2.75, 3.05) is 33.2 Å². The van der Waals surface area contributed by atoms with Crippen LogP contribution in [0.2, 0.25) is 0 Å². The molecule has 1 amide bonds. The Bertz CT molecular complexity index is 612. The normalized spacial score (nSPS) is 10.7. The zero-order valence-electron chi connectivity index (χ0n) is 13.9. The highest BCUT2D eigenvalue weighted by atomic mass is 35.5. The van der Waals surface area contributed by atoms with Crippen LogP contribution in [0.15, 0.2) is 30.0 Å². The highest BCUT2D eigenvalue weighted by molar-refractivity contribution is 6.17. The van der Waals surface area contributed by atoms with Crippen molar-refractivity contribution >= 4 is 17.5 Å². The summed E-state index contributed by atoms with van der Waals surface area (Å²) in [6.45, 7) is 1.03. The van der Waals surface area contributed by atoms with Crippen LogP contribution in [0.1, 0.15) is 12.0 Å². The van der Waals surface area contributed by atoms with Crippen LogP contribution in [0.5, 0.6) is 11.5 Å². The van der Waals surface area contributed by atoms with Gasteiger partial charge >= 0.3 is 0 Å². The van der Waals surface area contributed by atoms with Gasteiger partial charge in [-0.2, -0.15) is 5.26 Å². The molecule has 2 N–H and O–H groups in total. The molecule has 0 aliphatic heterocycles. The minimum Gasteiger partial charge on any atom is -0.493 e. The van der Waals surface area contributed by atoms with Gasteiger partial charge in [0, 0.05) is 25.2 Å². The predicted molar refractivity (Wildman–Crippen MR) is 93.3 cm³/mol. The van der Waals surface area contributed by atoms with Gasteiger partial charge in [0.2, 0.25) is 0 Å². The van der Waals surface area contributed by atoms with Crippen molar-refractivity contribution < 1.29 is 14.3 Å². The number of hydrogen-bond acceptors (Lipinski definition) is 5. The van der Waals surface area contributed by atoms with E-state index in [0.717, 1.165) is 5.56 Å². The van der Waals surface area contributed by atoms with E-state index in [4.69, 9.17) is 26.3 Å². The summed E-state index contributed by atoms with van der Waals surface area (Å²) in [6, 6.07) is 7.56. The summed E-state index contributed by atoms with van der Waals surface area (Å²) < 4.78 is 10.4. The molecule has 1 aromatic rings. The molecule has 0 spiro atoms. The van der Waals surface area contributed by atoms with Crippen LogP contribution in [0, 0.1) is 11.3 Å². The molecule has 0 aromatic heterocycles. The van der Waals surface area contributed by atoms with Crippen LogP contribution in [0.4, 0.5) is 0 Å². The monoisotopic (exact) mass is 351 g/mol. The van der Waals surface area contributed by atoms with Crippen LogP contribution in [-0.2, 0) is 11.2 Å². The Morgan fingerprint density at radius 3 is 2.67 bits per heavy atom. The summed E-state index contributed by atoms with van der Waals surface area (Å²) in [7, 11) is 3.18. The van der Waals surface area contributed by atoms with Gasteiger partial charge in [-0.15, -0.1) is 11.6 Å². The average Bonchev–Trinajstić information content (AvgIpc) is 2.61. The molecule has 0 radical (unpaired) electrons. The number of hydrogen-bond donors (Lipinski definition) is 2. The number of carbonyl (C=O) groups excluding carboxylic acids is 1. The van der Waals surface area contributed by atoms with Crippen LogP contribution >= 0.6 is 11.6 Å². The van der Waals surface area contributed by atoms with E-state index >= 15 is 0 Å². The molecule has 24 heavy (non-hydrogen) atoms. The number of halogens is 1. The van der Waals surface area contributed by atoms with E-state index in [1.165, 1.54) is 6.20 Å². The maximum atomic E-state index is 11.8. The fourth-order valence-corrected chi connectivity index (χ4v) is 2.07. The molecule has 0 atom stereocenters. The molecule has 0 aliphatic rings. The molecule has 0 aliphatic carbocycles. The van der Waals surface area contributed by atoms with E-state index in [0.29, 0.717) is 43.3 Å². The first-order chi connectivity index (χ1) is 11.7. The molecule has 1 rings (SSSR count). The number of alkyl halides is 1. The lowest BCUT2D eigenvalue weighted by Crippen LogP contribution is -2.27. The number of methoxy groups -OCH3 is 2. The summed E-state index contributed by atoms with van der Waals surface area (Å²) in [5.74, 6) is 1.41. The lowest BCUT2D eigenvalue weighted by atomic mass is 10.1. The third-order valence-electron chi connectivity index (χ3n) is 3.21. The number of benzene rings is 1. The molecule has 0 bridgehead atoms. The van der Waals surface area contributed by atoms with Crippen LogP contribution in [0.3, 0.4) is 0 Å². The Morgan fingerprint density at radius 2 is 2.04 bits per heavy atom. The standard InChI is InChI=1S/C17H22ClN3O3/c1-23-15-5-4-13(10-16(15)24-2)6-9-20-12-14(11-19)17(22)21-8-3-7-18/h4-5,10,12,20H,3,6-9H2,1-2H3,(H,21,22)/b14-12-. The molecule has 0 unspecified atom stereocenters. The molecule has 7 heteroatoms. The van der Waals surface area contributed by atoms with E-state index in [2.05, 4.69) is 10.6 Å². The predicted octanol–water partition coefficient (Wildman–Crippen LogP) is 1.99. The number of nitriles is 1. The second-order valence-electron chi connectivity index (χ2n) is 4.86. The first-order valence-corrected chi connectivity index (χ1v) is 8.08. The van der Waals surface area contributed by atoms with Crippen molar-refractivity contribution in [3.8, 4) is 17.6 Å². The van der Waals surface area contributed by atoms with Gasteiger partial charge in [-0.1, -0.05) is 6.07 Å². The summed E-state index contributed by atoms with van der Waals surface area (Å²) in [5, 5.41) is 14.6. The minimum absolute atomic E-state index is 0.0388. The zero-order chi connectivity index (χ0) is 17.8. The van der Waals surface area contributed by atoms with E-state index in [9.17, 15) is 4.79 Å². The highest BCUT2D eigenvalue weighted by Crippen LogP contribution is 2.27. The molecule has 0 saturated carbocycles. The SMILES string of the molecule is COc1ccc(CCN/C=C(/C#N)C(=O)NCCCCl)cc1OC. The molecule has 130 valence electrons. The van der Waals surface area contributed by atoms with Crippen molar-refractivity contribution in [2.24, 2.45) is 0 Å². The summed E-state index contributed by atoms with van der Waals surface area (Å²) >= 11 is 5.54. The molecule has 1 aromatic carbocycles. The molecular weight excluding hydrogens is 330 g/mol. The average molecular weight is 352 g/mol. The van der Waals surface area contributed by atoms with E-state index < -0.39 is 5.91 Å². The van der Waals surface area contributed by atoms with Gasteiger partial charge in [-0.25, -0.2) is 0 Å². The number of nitrogens with zero attached hydrogens (tertiary/aromatic N) is 1. The lowest BCUT2D eigenvalue weighted by Gasteiger charge is -2.09. The molecule has 0 saturated heterocycles. The number of ether oxygens (including phenoxy) is 2. The van der Waals surface area contributed by atoms with Gasteiger partial charge in [-0.05, 0) is 30.5 Å². The fourth-order valence-electron chi connectivity index (χ4n) is 1.94. The van der Waals surface area contributed by atoms with Gasteiger partial charge in [0.05, 0.1) is 14.2 Å². The summed E-state index contributed by atoms with van der Waals surface area (Å²) in [6.07, 6.45) is 2.80. The number of carbonyl (C=O) groups is 1. The number of nitrogens with one attached hydrogen (secondary N) is 2. The molecule has 0 heterocycles. The smallest absolute Gasteiger partial charge is 0.263 e. The fraction of sp³-hybridized carbons (Fsp3) is 0.412. The third-order valence-corrected chi connectivity index (χ3v) is 3.48. The van der Waals surface area contributed by atoms with Gasteiger partial charge in [0.1, 0.15) is 11.6 Å². The van der Waals surface area contributed by atoms with Crippen LogP contribution in [0.25, 0.3) is 0 Å². The zero-order valence-corrected chi connectivity index (χ0v) is 14.7. The van der Waals surface area contributed by atoms with Crippen molar-refractivity contribution in [3.63, 3.8) is 0 Å². The number of rotatable bonds is 10. The second-order valence-corrected chi connectivity index (χ2v) is 5.24. The summed E-state index contributed by atoms with van der Waals surface area (Å²) in [4.78, 5) is 11.8. The molecular formula is C17H22ClN3O3. The highest BCUT2D eigenvalue weighted by Gasteiger charge is 2.07. The van der Waals surface area contributed by atoms with Gasteiger partial charge in [-0.3, -0.25) is 4.79 Å². The minimum atomic E-state index is -0.402. The molecule has 6 nitrogen and oxygen atoms in total. The summed E-state index contributed by atoms with van der Waals surface area (Å²) in [5.41, 5.74) is 1.09. The van der Waals surface area contributed by atoms with Crippen molar-refractivity contribution in [3.05, 3.63) is 35.5 Å². The molecule has 0 fully saturated rings. The second kappa shape index (κ2) is 11.2. The number of amides is 1. The van der Waals surface area contributed by atoms with E-state index in [-0.39, 0.29) is 5.57 Å². The Hall–Kier alpha value is -2.39. The van der Waals surface area contributed by atoms with Gasteiger partial charge in [0.25, 0.3) is 5.91 Å². The van der Waals surface area contributed by atoms with Gasteiger partial charge in [0.15, 0.2) is 11.5 Å². The maximum Gasteiger partial charge on any atom is 0.263 e. The van der Waals surface area contributed by atoms with E-state index in [1.54, 1.807) is 14.2 Å². The maximum absolute atomic E-state index is 11.8. The third kappa shape index (κ3) is 6.39. The van der Waals surface area contributed by atoms with Crippen molar-refractivity contribution in [1.29, 1.82) is 5.26 Å². The Kier molecular flexibility index (Phi) is 9.17. The largest absolute Gasteiger partial charge is 0.493 e. The van der Waals surface area contributed by atoms with Crippen molar-refractivity contribution in [2.45, 2.75) is 12.8 Å². The Morgan fingerprint density at radius 1 is 1.29 bits per heavy atom. The first kappa shape index (κ1) is 19.7. The quantitative estimate of drug-likeness (QED) is 0.291. The first-order valence-electron chi connectivity index (χ1n) is 7.55. The van der Waals surface area contributed by atoms with Crippen LogP contribution < -0.4 is 20.1 Å². The van der Waals surface area contributed by atoms with Crippen molar-refractivity contribution in [1.82, 2.24) is 10.6 Å². The topological polar surface area (TPSA) is 83.4 Å². The Balaban J connectivity index is 2.51.